The number of hydrogen-bond acceptors (Lipinski definition) is 6. The minimum absolute atomic E-state index is 0.112. The van der Waals surface area contributed by atoms with Crippen molar-refractivity contribution in [3.05, 3.63) is 11.3 Å². The number of ether oxygens (including phenoxy) is 1. The summed E-state index contributed by atoms with van der Waals surface area (Å²) in [4.78, 5) is 20.9. The summed E-state index contributed by atoms with van der Waals surface area (Å²) in [5.74, 6) is -0.759. The number of aliphatic imine (C=N–C) groups is 1. The Balaban J connectivity index is 1.81. The minimum atomic E-state index is -1.22. The minimum Gasteiger partial charge on any atom is -0.379 e. The summed E-state index contributed by atoms with van der Waals surface area (Å²) < 4.78 is 5.39. The van der Waals surface area contributed by atoms with Crippen LogP contribution in [0.4, 0.5) is 0 Å². The van der Waals surface area contributed by atoms with Crippen LogP contribution in [0.2, 0.25) is 0 Å². The number of rotatable bonds is 1. The number of aliphatic hydroxyl groups is 1. The summed E-state index contributed by atoms with van der Waals surface area (Å²) >= 11 is 0. The summed E-state index contributed by atoms with van der Waals surface area (Å²) in [5.41, 5.74) is 1.61. The third kappa shape index (κ3) is 1.71. The summed E-state index contributed by atoms with van der Waals surface area (Å²) in [5, 5.41) is 14.3. The van der Waals surface area contributed by atoms with Gasteiger partial charge in [0.2, 0.25) is 5.85 Å². The monoisotopic (exact) mass is 292 g/mol. The van der Waals surface area contributed by atoms with Crippen molar-refractivity contribution in [3.63, 3.8) is 0 Å². The molecule has 7 heteroatoms. The molecular weight excluding hydrogens is 272 g/mol. The first-order valence-corrected chi connectivity index (χ1v) is 7.54. The molecule has 1 amide bonds. The van der Waals surface area contributed by atoms with Gasteiger partial charge in [-0.05, 0) is 19.8 Å². The number of carbonyl (C=O) groups excluding carboxylic acids is 1. The molecular formula is C14H20N4O3. The molecule has 0 aromatic carbocycles. The Labute approximate surface area is 123 Å². The second-order valence-electron chi connectivity index (χ2n) is 5.97. The molecule has 0 radical (unpaired) electrons. The molecule has 0 aliphatic carbocycles. The van der Waals surface area contributed by atoms with Crippen LogP contribution in [0.3, 0.4) is 0 Å². The number of allylic oxidation sites excluding steroid dienone is 1. The van der Waals surface area contributed by atoms with E-state index >= 15 is 0 Å². The Morgan fingerprint density at radius 1 is 1.38 bits per heavy atom. The molecule has 4 aliphatic rings. The van der Waals surface area contributed by atoms with E-state index in [9.17, 15) is 9.90 Å². The number of nitrogens with zero attached hydrogens (tertiary/aromatic N) is 3. The first-order valence-electron chi connectivity index (χ1n) is 7.54. The maximum Gasteiger partial charge on any atom is 0.256 e. The van der Waals surface area contributed by atoms with E-state index in [-0.39, 0.29) is 5.91 Å². The highest BCUT2D eigenvalue weighted by Crippen LogP contribution is 2.46. The van der Waals surface area contributed by atoms with E-state index in [2.05, 4.69) is 10.3 Å². The fourth-order valence-electron chi connectivity index (χ4n) is 3.92. The van der Waals surface area contributed by atoms with Crippen LogP contribution in [0.5, 0.6) is 0 Å². The molecule has 114 valence electrons. The van der Waals surface area contributed by atoms with Crippen LogP contribution in [0.15, 0.2) is 16.3 Å². The molecule has 0 spiro atoms. The third-order valence-electron chi connectivity index (χ3n) is 4.81. The van der Waals surface area contributed by atoms with Gasteiger partial charge in [0.1, 0.15) is 11.9 Å². The molecule has 2 unspecified atom stereocenters. The molecule has 2 fully saturated rings. The number of fused-ring (bicyclic) bond motifs is 2. The van der Waals surface area contributed by atoms with E-state index in [0.717, 1.165) is 25.1 Å². The zero-order valence-corrected chi connectivity index (χ0v) is 12.1. The lowest BCUT2D eigenvalue weighted by molar-refractivity contribution is -0.214. The lowest BCUT2D eigenvalue weighted by atomic mass is 9.99. The van der Waals surface area contributed by atoms with Crippen LogP contribution in [0.1, 0.15) is 19.8 Å². The fraction of sp³-hybridized carbons (Fsp3) is 0.714. The lowest BCUT2D eigenvalue weighted by Crippen LogP contribution is -2.66. The molecule has 2 atom stereocenters. The molecule has 0 bridgehead atoms. The maximum absolute atomic E-state index is 12.4. The van der Waals surface area contributed by atoms with E-state index in [0.29, 0.717) is 37.7 Å². The van der Waals surface area contributed by atoms with Crippen LogP contribution in [-0.4, -0.2) is 71.4 Å². The van der Waals surface area contributed by atoms with E-state index in [4.69, 9.17) is 4.74 Å². The second-order valence-corrected chi connectivity index (χ2v) is 5.97. The van der Waals surface area contributed by atoms with Crippen molar-refractivity contribution in [2.24, 2.45) is 4.99 Å². The van der Waals surface area contributed by atoms with Gasteiger partial charge in [-0.1, -0.05) is 0 Å². The topological polar surface area (TPSA) is 77.4 Å². The van der Waals surface area contributed by atoms with Gasteiger partial charge in [-0.15, -0.1) is 0 Å². The van der Waals surface area contributed by atoms with Crippen molar-refractivity contribution in [1.82, 2.24) is 15.1 Å². The van der Waals surface area contributed by atoms with E-state index in [1.165, 1.54) is 0 Å². The van der Waals surface area contributed by atoms with Gasteiger partial charge in [0.15, 0.2) is 0 Å². The molecule has 2 N–H and O–H groups in total. The van der Waals surface area contributed by atoms with Gasteiger partial charge in [0.05, 0.1) is 18.8 Å². The second kappa shape index (κ2) is 4.53. The van der Waals surface area contributed by atoms with Gasteiger partial charge in [0.25, 0.3) is 5.91 Å². The number of carbonyl (C=O) groups is 1. The zero-order valence-electron chi connectivity index (χ0n) is 12.1. The molecule has 0 saturated carbocycles. The molecule has 0 aromatic rings. The molecule has 4 rings (SSSR count). The number of amidine groups is 1. The molecule has 2 saturated heterocycles. The Bertz CT molecular complexity index is 552. The van der Waals surface area contributed by atoms with Crippen LogP contribution >= 0.6 is 0 Å². The third-order valence-corrected chi connectivity index (χ3v) is 4.81. The number of hydrogen-bond donors (Lipinski definition) is 2. The lowest BCUT2D eigenvalue weighted by Gasteiger charge is -2.47. The van der Waals surface area contributed by atoms with Crippen molar-refractivity contribution in [2.45, 2.75) is 31.7 Å². The summed E-state index contributed by atoms with van der Waals surface area (Å²) in [6, 6.07) is -0.514. The summed E-state index contributed by atoms with van der Waals surface area (Å²) in [7, 11) is 0. The van der Waals surface area contributed by atoms with Gasteiger partial charge in [0, 0.05) is 25.3 Å². The zero-order chi connectivity index (χ0) is 14.6. The Kier molecular flexibility index (Phi) is 2.85. The predicted molar refractivity (Wildman–Crippen MR) is 75.3 cm³/mol. The van der Waals surface area contributed by atoms with Crippen LogP contribution < -0.4 is 5.32 Å². The van der Waals surface area contributed by atoms with Crippen LogP contribution in [0.25, 0.3) is 0 Å². The van der Waals surface area contributed by atoms with Gasteiger partial charge in [-0.3, -0.25) is 14.7 Å². The molecule has 7 nitrogen and oxygen atoms in total. The maximum atomic E-state index is 12.4. The standard InChI is InChI=1S/C14H20N4O3/c1-9-15-12-11(13(19)16-9)10-3-2-4-18(10)14(12,20)17-5-7-21-8-6-17/h12,20H,2-8H2,1H3,(H,15,16,19). The van der Waals surface area contributed by atoms with Gasteiger partial charge in [-0.25, -0.2) is 0 Å². The average molecular weight is 292 g/mol. The van der Waals surface area contributed by atoms with Crippen molar-refractivity contribution in [2.75, 3.05) is 32.8 Å². The summed E-state index contributed by atoms with van der Waals surface area (Å²) in [6.07, 6.45) is 1.80. The van der Waals surface area contributed by atoms with Crippen molar-refractivity contribution in [1.29, 1.82) is 0 Å². The molecule has 0 aromatic heterocycles. The number of amides is 1. The highest BCUT2D eigenvalue weighted by Gasteiger charge is 2.59. The van der Waals surface area contributed by atoms with Gasteiger partial charge in [-0.2, -0.15) is 0 Å². The van der Waals surface area contributed by atoms with Crippen LogP contribution in [-0.2, 0) is 9.53 Å². The number of nitrogens with one attached hydrogen (secondary N) is 1. The van der Waals surface area contributed by atoms with Gasteiger partial charge < -0.3 is 20.1 Å². The van der Waals surface area contributed by atoms with Crippen molar-refractivity contribution >= 4 is 11.7 Å². The number of morpholine rings is 1. The van der Waals surface area contributed by atoms with E-state index in [1.54, 1.807) is 6.92 Å². The predicted octanol–water partition coefficient (Wildman–Crippen LogP) is -0.755. The SMILES string of the molecule is CC1=NC2C(=C3CCCN3C2(O)N2CCOCC2)C(=O)N1. The quantitative estimate of drug-likeness (QED) is 0.665. The van der Waals surface area contributed by atoms with Crippen molar-refractivity contribution < 1.29 is 14.6 Å². The smallest absolute Gasteiger partial charge is 0.256 e. The largest absolute Gasteiger partial charge is 0.379 e. The average Bonchev–Trinajstić information content (AvgIpc) is 3.03. The van der Waals surface area contributed by atoms with Crippen LogP contribution in [0, 0.1) is 0 Å². The first-order chi connectivity index (χ1) is 10.1. The Morgan fingerprint density at radius 2 is 2.14 bits per heavy atom. The molecule has 4 aliphatic heterocycles. The van der Waals surface area contributed by atoms with Crippen molar-refractivity contribution in [3.8, 4) is 0 Å². The highest BCUT2D eigenvalue weighted by molar-refractivity contribution is 6.09. The summed E-state index contributed by atoms with van der Waals surface area (Å²) in [6.45, 7) is 5.04. The first kappa shape index (κ1) is 13.2. The van der Waals surface area contributed by atoms with E-state index < -0.39 is 11.9 Å². The highest BCUT2D eigenvalue weighted by atomic mass is 16.5. The molecule has 21 heavy (non-hydrogen) atoms. The van der Waals surface area contributed by atoms with E-state index in [1.807, 2.05) is 9.80 Å². The Hall–Kier alpha value is -1.44. The van der Waals surface area contributed by atoms with Gasteiger partial charge >= 0.3 is 0 Å². The Morgan fingerprint density at radius 3 is 2.90 bits per heavy atom. The normalized spacial score (nSPS) is 36.5. The fourth-order valence-corrected chi connectivity index (χ4v) is 3.92. The molecule has 4 heterocycles.